The molecule has 0 saturated carbocycles. The van der Waals surface area contributed by atoms with Crippen LogP contribution in [0.15, 0.2) is 57.6 Å². The van der Waals surface area contributed by atoms with Crippen LogP contribution in [0, 0.1) is 4.83 Å². The van der Waals surface area contributed by atoms with Crippen molar-refractivity contribution in [1.82, 2.24) is 0 Å². The van der Waals surface area contributed by atoms with E-state index in [1.165, 1.54) is 13.3 Å². The van der Waals surface area contributed by atoms with E-state index < -0.39 is 5.97 Å². The lowest BCUT2D eigenvalue weighted by Gasteiger charge is -2.07. The number of carbonyl (C=O) groups excluding carboxylic acids is 1. The molecule has 1 aliphatic carbocycles. The molecule has 0 saturated heterocycles. The van der Waals surface area contributed by atoms with Crippen LogP contribution >= 0.6 is 15.9 Å². The molecule has 81 valence electrons. The molecule has 0 bridgehead atoms. The molecule has 16 heavy (non-hydrogen) atoms. The quantitative estimate of drug-likeness (QED) is 0.693. The van der Waals surface area contributed by atoms with Crippen LogP contribution < -0.4 is 0 Å². The molecule has 2 aliphatic rings. The van der Waals surface area contributed by atoms with Gasteiger partial charge in [-0.15, -0.1) is 5.11 Å². The van der Waals surface area contributed by atoms with Gasteiger partial charge in [0.2, 0.25) is 0 Å². The molecule has 5 heteroatoms. The Labute approximate surface area is 101 Å². The SMILES string of the molecule is COC(=O)C1=CN=NC1=C1C=C[C](Br)C=C1. The highest BCUT2D eigenvalue weighted by molar-refractivity contribution is 9.11. The highest BCUT2D eigenvalue weighted by Gasteiger charge is 2.21. The first-order valence-corrected chi connectivity index (χ1v) is 5.34. The van der Waals surface area contributed by atoms with Gasteiger partial charge in [-0.2, -0.15) is 5.11 Å². The van der Waals surface area contributed by atoms with Gasteiger partial charge in [-0.1, -0.05) is 40.2 Å². The summed E-state index contributed by atoms with van der Waals surface area (Å²) in [5.41, 5.74) is 1.75. The number of hydrogen-bond acceptors (Lipinski definition) is 4. The zero-order chi connectivity index (χ0) is 11.5. The molecule has 4 nitrogen and oxygen atoms in total. The van der Waals surface area contributed by atoms with Crippen molar-refractivity contribution in [2.45, 2.75) is 0 Å². The van der Waals surface area contributed by atoms with Crippen molar-refractivity contribution in [3.8, 4) is 0 Å². The fraction of sp³-hybridized carbons (Fsp3) is 0.0909. The number of allylic oxidation sites excluding steroid dienone is 5. The van der Waals surface area contributed by atoms with E-state index in [-0.39, 0.29) is 0 Å². The monoisotopic (exact) mass is 279 g/mol. The highest BCUT2D eigenvalue weighted by Crippen LogP contribution is 2.29. The lowest BCUT2D eigenvalue weighted by Crippen LogP contribution is -2.06. The topological polar surface area (TPSA) is 51.0 Å². The molecule has 0 aromatic heterocycles. The number of hydrogen-bond donors (Lipinski definition) is 0. The summed E-state index contributed by atoms with van der Waals surface area (Å²) in [4.78, 5) is 12.4. The Morgan fingerprint density at radius 3 is 2.62 bits per heavy atom. The third-order valence-corrected chi connectivity index (χ3v) is 2.65. The molecule has 0 atom stereocenters. The minimum atomic E-state index is -0.428. The number of nitrogens with zero attached hydrogens (tertiary/aromatic N) is 2. The van der Waals surface area contributed by atoms with Crippen molar-refractivity contribution in [2.24, 2.45) is 10.2 Å². The van der Waals surface area contributed by atoms with E-state index in [4.69, 9.17) is 0 Å². The summed E-state index contributed by atoms with van der Waals surface area (Å²) < 4.78 is 4.65. The number of methoxy groups -OCH3 is 1. The number of carbonyl (C=O) groups is 1. The van der Waals surface area contributed by atoms with Crippen molar-refractivity contribution in [1.29, 1.82) is 0 Å². The van der Waals surface area contributed by atoms with Gasteiger partial charge in [0.15, 0.2) is 0 Å². The Hall–Kier alpha value is -1.49. The fourth-order valence-electron chi connectivity index (χ4n) is 1.34. The average molecular weight is 280 g/mol. The lowest BCUT2D eigenvalue weighted by molar-refractivity contribution is -0.135. The van der Waals surface area contributed by atoms with E-state index >= 15 is 0 Å². The summed E-state index contributed by atoms with van der Waals surface area (Å²) in [6, 6.07) is 0. The van der Waals surface area contributed by atoms with Crippen molar-refractivity contribution >= 4 is 21.9 Å². The minimum absolute atomic E-state index is 0.379. The molecule has 0 fully saturated rings. The first-order chi connectivity index (χ1) is 7.72. The van der Waals surface area contributed by atoms with Crippen LogP contribution in [0.2, 0.25) is 0 Å². The zero-order valence-electron chi connectivity index (χ0n) is 8.48. The third kappa shape index (κ3) is 2.04. The molecule has 0 unspecified atom stereocenters. The average Bonchev–Trinajstić information content (AvgIpc) is 2.78. The largest absolute Gasteiger partial charge is 0.465 e. The van der Waals surface area contributed by atoms with Gasteiger partial charge in [0.05, 0.1) is 18.1 Å². The predicted molar refractivity (Wildman–Crippen MR) is 62.4 cm³/mol. The van der Waals surface area contributed by atoms with Crippen LogP contribution in [-0.4, -0.2) is 13.1 Å². The summed E-state index contributed by atoms with van der Waals surface area (Å²) in [7, 11) is 1.33. The summed E-state index contributed by atoms with van der Waals surface area (Å²) in [5.74, 6) is -0.428. The van der Waals surface area contributed by atoms with Crippen LogP contribution in [0.25, 0.3) is 0 Å². The molecular formula is C11H8BrN2O2. The molecule has 0 N–H and O–H groups in total. The van der Waals surface area contributed by atoms with Crippen molar-refractivity contribution in [3.63, 3.8) is 0 Å². The first kappa shape index (κ1) is 11.0. The molecule has 0 aromatic rings. The molecule has 0 amide bonds. The second kappa shape index (κ2) is 4.57. The van der Waals surface area contributed by atoms with E-state index in [1.54, 1.807) is 0 Å². The number of ether oxygens (including phenoxy) is 1. The number of rotatable bonds is 1. The van der Waals surface area contributed by atoms with Crippen LogP contribution in [0.4, 0.5) is 0 Å². The maximum Gasteiger partial charge on any atom is 0.341 e. The van der Waals surface area contributed by atoms with Crippen molar-refractivity contribution in [2.75, 3.05) is 7.11 Å². The number of azo groups is 1. The van der Waals surface area contributed by atoms with Crippen LogP contribution in [0.1, 0.15) is 0 Å². The molecule has 1 aliphatic heterocycles. The Bertz CT molecular complexity index is 456. The van der Waals surface area contributed by atoms with Gasteiger partial charge >= 0.3 is 5.97 Å². The van der Waals surface area contributed by atoms with Crippen LogP contribution in [0.3, 0.4) is 0 Å². The first-order valence-electron chi connectivity index (χ1n) is 4.55. The van der Waals surface area contributed by atoms with E-state index in [9.17, 15) is 4.79 Å². The molecule has 1 heterocycles. The van der Waals surface area contributed by atoms with Crippen LogP contribution in [-0.2, 0) is 9.53 Å². The van der Waals surface area contributed by atoms with Gasteiger partial charge in [0.1, 0.15) is 11.3 Å². The fourth-order valence-corrected chi connectivity index (χ4v) is 1.60. The van der Waals surface area contributed by atoms with Crippen molar-refractivity contribution in [3.05, 3.63) is 52.2 Å². The van der Waals surface area contributed by atoms with Gasteiger partial charge in [-0.05, 0) is 0 Å². The Morgan fingerprint density at radius 1 is 1.31 bits per heavy atom. The number of esters is 1. The van der Waals surface area contributed by atoms with Gasteiger partial charge in [0, 0.05) is 5.57 Å². The zero-order valence-corrected chi connectivity index (χ0v) is 10.1. The summed E-state index contributed by atoms with van der Waals surface area (Å²) in [6.45, 7) is 0. The Balaban J connectivity index is 2.35. The smallest absolute Gasteiger partial charge is 0.341 e. The highest BCUT2D eigenvalue weighted by atomic mass is 79.9. The maximum atomic E-state index is 11.4. The molecular weight excluding hydrogens is 272 g/mol. The van der Waals surface area contributed by atoms with E-state index in [1.807, 2.05) is 24.3 Å². The number of halogens is 1. The molecule has 0 spiro atoms. The van der Waals surface area contributed by atoms with Gasteiger partial charge in [-0.25, -0.2) is 4.79 Å². The molecule has 1 radical (unpaired) electrons. The van der Waals surface area contributed by atoms with E-state index in [0.29, 0.717) is 11.3 Å². The minimum Gasteiger partial charge on any atom is -0.465 e. The van der Waals surface area contributed by atoms with E-state index in [2.05, 4.69) is 30.9 Å². The predicted octanol–water partition coefficient (Wildman–Crippen LogP) is 2.82. The molecule has 0 aromatic carbocycles. The standard InChI is InChI=1S/C11H8BrN2O2/c1-16-11(15)9-6-13-14-10(9)7-2-4-8(12)5-3-7/h2-6H,1H3. The van der Waals surface area contributed by atoms with Gasteiger partial charge in [0.25, 0.3) is 0 Å². The lowest BCUT2D eigenvalue weighted by atomic mass is 10.0. The summed E-state index contributed by atoms with van der Waals surface area (Å²) >= 11 is 3.34. The van der Waals surface area contributed by atoms with Crippen molar-refractivity contribution < 1.29 is 9.53 Å². The van der Waals surface area contributed by atoms with Gasteiger partial charge in [-0.3, -0.25) is 0 Å². The summed E-state index contributed by atoms with van der Waals surface area (Å²) in [6.07, 6.45) is 8.89. The Kier molecular flexibility index (Phi) is 3.14. The normalized spacial score (nSPS) is 19.2. The van der Waals surface area contributed by atoms with Gasteiger partial charge < -0.3 is 4.74 Å². The maximum absolute atomic E-state index is 11.4. The van der Waals surface area contributed by atoms with Crippen LogP contribution in [0.5, 0.6) is 0 Å². The second-order valence-corrected chi connectivity index (χ2v) is 4.02. The molecule has 2 rings (SSSR count). The van der Waals surface area contributed by atoms with E-state index in [0.717, 1.165) is 10.4 Å². The summed E-state index contributed by atoms with van der Waals surface area (Å²) in [5, 5.41) is 7.65. The Morgan fingerprint density at radius 2 is 2.00 bits per heavy atom. The third-order valence-electron chi connectivity index (χ3n) is 2.12. The second-order valence-electron chi connectivity index (χ2n) is 3.11.